The minimum atomic E-state index is -3.70. The standard InChI is InChI=1S/C24H24ClFN2O4S/c1-16(17-4-7-20(25)8-5-17)27-24(29)18-6-13-23(32-2)19(14-18)15-28(33(3,30)31)22-11-9-21(26)10-12-22/h4-14,16H,15H2,1-3H3,(H,27,29). The second-order valence-corrected chi connectivity index (χ2v) is 9.86. The van der Waals surface area contributed by atoms with Crippen molar-refractivity contribution in [2.45, 2.75) is 19.5 Å². The van der Waals surface area contributed by atoms with E-state index in [1.54, 1.807) is 30.3 Å². The Morgan fingerprint density at radius 2 is 1.73 bits per heavy atom. The van der Waals surface area contributed by atoms with E-state index in [4.69, 9.17) is 16.3 Å². The van der Waals surface area contributed by atoms with Crippen LogP contribution in [-0.4, -0.2) is 27.7 Å². The summed E-state index contributed by atoms with van der Waals surface area (Å²) in [6.07, 6.45) is 1.06. The van der Waals surface area contributed by atoms with Gasteiger partial charge in [0.1, 0.15) is 11.6 Å². The summed E-state index contributed by atoms with van der Waals surface area (Å²) in [7, 11) is -2.24. The van der Waals surface area contributed by atoms with Gasteiger partial charge in [-0.05, 0) is 67.1 Å². The maximum Gasteiger partial charge on any atom is 0.251 e. The highest BCUT2D eigenvalue weighted by molar-refractivity contribution is 7.92. The van der Waals surface area contributed by atoms with Gasteiger partial charge < -0.3 is 10.1 Å². The normalized spacial score (nSPS) is 12.2. The molecular weight excluding hydrogens is 467 g/mol. The minimum absolute atomic E-state index is 0.0957. The molecule has 0 aliphatic heterocycles. The maximum atomic E-state index is 13.3. The van der Waals surface area contributed by atoms with E-state index < -0.39 is 15.8 Å². The van der Waals surface area contributed by atoms with Crippen LogP contribution in [0.25, 0.3) is 0 Å². The summed E-state index contributed by atoms with van der Waals surface area (Å²) in [6, 6.07) is 16.8. The van der Waals surface area contributed by atoms with Crippen molar-refractivity contribution in [3.63, 3.8) is 0 Å². The first kappa shape index (κ1) is 24.5. The summed E-state index contributed by atoms with van der Waals surface area (Å²) in [4.78, 5) is 12.9. The van der Waals surface area contributed by atoms with Gasteiger partial charge in [-0.25, -0.2) is 12.8 Å². The monoisotopic (exact) mass is 490 g/mol. The number of methoxy groups -OCH3 is 1. The number of hydrogen-bond donors (Lipinski definition) is 1. The molecule has 3 aromatic carbocycles. The summed E-state index contributed by atoms with van der Waals surface area (Å²) in [5, 5.41) is 3.53. The van der Waals surface area contributed by atoms with E-state index in [1.807, 2.05) is 19.1 Å². The predicted octanol–water partition coefficient (Wildman–Crippen LogP) is 4.94. The molecule has 3 aromatic rings. The first-order valence-electron chi connectivity index (χ1n) is 10.0. The van der Waals surface area contributed by atoms with Crippen molar-refractivity contribution >= 4 is 33.2 Å². The highest BCUT2D eigenvalue weighted by Gasteiger charge is 2.21. The molecule has 0 fully saturated rings. The molecule has 1 amide bonds. The average Bonchev–Trinajstić information content (AvgIpc) is 2.77. The highest BCUT2D eigenvalue weighted by Crippen LogP contribution is 2.27. The van der Waals surface area contributed by atoms with E-state index in [2.05, 4.69) is 5.32 Å². The number of halogens is 2. The first-order chi connectivity index (χ1) is 15.6. The van der Waals surface area contributed by atoms with E-state index in [-0.39, 0.29) is 18.5 Å². The van der Waals surface area contributed by atoms with E-state index in [0.717, 1.165) is 16.1 Å². The van der Waals surface area contributed by atoms with Gasteiger partial charge in [-0.2, -0.15) is 0 Å². The Morgan fingerprint density at radius 1 is 1.09 bits per heavy atom. The molecule has 0 bridgehead atoms. The van der Waals surface area contributed by atoms with Gasteiger partial charge in [-0.15, -0.1) is 0 Å². The molecule has 0 saturated heterocycles. The van der Waals surface area contributed by atoms with Crippen LogP contribution in [0.5, 0.6) is 5.75 Å². The Morgan fingerprint density at radius 3 is 2.30 bits per heavy atom. The Kier molecular flexibility index (Phi) is 7.61. The average molecular weight is 491 g/mol. The van der Waals surface area contributed by atoms with Crippen molar-refractivity contribution in [2.24, 2.45) is 0 Å². The van der Waals surface area contributed by atoms with Crippen molar-refractivity contribution in [3.8, 4) is 5.75 Å². The van der Waals surface area contributed by atoms with Crippen LogP contribution in [0, 0.1) is 5.82 Å². The summed E-state index contributed by atoms with van der Waals surface area (Å²) < 4.78 is 44.8. The van der Waals surface area contributed by atoms with Crippen LogP contribution >= 0.6 is 11.6 Å². The lowest BCUT2D eigenvalue weighted by atomic mass is 10.1. The molecule has 1 N–H and O–H groups in total. The lowest BCUT2D eigenvalue weighted by Gasteiger charge is -2.24. The number of benzene rings is 3. The van der Waals surface area contributed by atoms with Crippen LogP contribution in [0.4, 0.5) is 10.1 Å². The fourth-order valence-electron chi connectivity index (χ4n) is 3.32. The molecule has 1 unspecified atom stereocenters. The fourth-order valence-corrected chi connectivity index (χ4v) is 4.32. The van der Waals surface area contributed by atoms with E-state index in [1.165, 1.54) is 31.4 Å². The molecule has 6 nitrogen and oxygen atoms in total. The summed E-state index contributed by atoms with van der Waals surface area (Å²) in [5.41, 5.74) is 2.02. The number of sulfonamides is 1. The molecule has 3 rings (SSSR count). The fraction of sp³-hybridized carbons (Fsp3) is 0.208. The number of anilines is 1. The van der Waals surface area contributed by atoms with Gasteiger partial charge in [-0.3, -0.25) is 9.10 Å². The zero-order chi connectivity index (χ0) is 24.2. The largest absolute Gasteiger partial charge is 0.496 e. The molecule has 9 heteroatoms. The summed E-state index contributed by atoms with van der Waals surface area (Å²) in [6.45, 7) is 1.76. The molecule has 0 spiro atoms. The first-order valence-corrected chi connectivity index (χ1v) is 12.3. The van der Waals surface area contributed by atoms with Crippen molar-refractivity contribution in [2.75, 3.05) is 17.7 Å². The van der Waals surface area contributed by atoms with E-state index >= 15 is 0 Å². The number of rotatable bonds is 8. The van der Waals surface area contributed by atoms with Crippen LogP contribution < -0.4 is 14.4 Å². The number of nitrogens with zero attached hydrogens (tertiary/aromatic N) is 1. The number of hydrogen-bond acceptors (Lipinski definition) is 4. The van der Waals surface area contributed by atoms with Gasteiger partial charge in [-0.1, -0.05) is 23.7 Å². The summed E-state index contributed by atoms with van der Waals surface area (Å²) in [5.74, 6) is -0.375. The molecule has 0 radical (unpaired) electrons. The molecule has 174 valence electrons. The number of carbonyl (C=O) groups is 1. The van der Waals surface area contributed by atoms with Crippen molar-refractivity contribution in [3.05, 3.63) is 94.3 Å². The SMILES string of the molecule is COc1ccc(C(=O)NC(C)c2ccc(Cl)cc2)cc1CN(c1ccc(F)cc1)S(C)(=O)=O. The Labute approximate surface area is 198 Å². The van der Waals surface area contributed by atoms with Gasteiger partial charge in [0, 0.05) is 16.1 Å². The van der Waals surface area contributed by atoms with Gasteiger partial charge in [0.2, 0.25) is 10.0 Å². The second kappa shape index (κ2) is 10.2. The second-order valence-electron chi connectivity index (χ2n) is 7.52. The highest BCUT2D eigenvalue weighted by atomic mass is 35.5. The van der Waals surface area contributed by atoms with Gasteiger partial charge in [0.25, 0.3) is 5.91 Å². The molecule has 33 heavy (non-hydrogen) atoms. The lowest BCUT2D eigenvalue weighted by Crippen LogP contribution is -2.30. The molecule has 0 aliphatic rings. The predicted molar refractivity (Wildman–Crippen MR) is 128 cm³/mol. The molecule has 1 atom stereocenters. The van der Waals surface area contributed by atoms with Gasteiger partial charge in [0.15, 0.2) is 0 Å². The van der Waals surface area contributed by atoms with Crippen LogP contribution in [0.15, 0.2) is 66.7 Å². The smallest absolute Gasteiger partial charge is 0.251 e. The van der Waals surface area contributed by atoms with Crippen LogP contribution in [0.3, 0.4) is 0 Å². The molecule has 0 heterocycles. The third-order valence-corrected chi connectivity index (χ3v) is 6.48. The van der Waals surface area contributed by atoms with E-state index in [0.29, 0.717) is 27.6 Å². The Balaban J connectivity index is 1.88. The topological polar surface area (TPSA) is 75.7 Å². The number of amides is 1. The Hall–Kier alpha value is -3.10. The molecule has 0 saturated carbocycles. The third kappa shape index (κ3) is 6.24. The van der Waals surface area contributed by atoms with Gasteiger partial charge >= 0.3 is 0 Å². The molecule has 0 aromatic heterocycles. The van der Waals surface area contributed by atoms with Crippen molar-refractivity contribution < 1.29 is 22.3 Å². The van der Waals surface area contributed by atoms with Gasteiger partial charge in [0.05, 0.1) is 31.6 Å². The zero-order valence-electron chi connectivity index (χ0n) is 18.4. The number of nitrogens with one attached hydrogen (secondary N) is 1. The van der Waals surface area contributed by atoms with Crippen LogP contribution in [0.2, 0.25) is 5.02 Å². The number of ether oxygens (including phenoxy) is 1. The van der Waals surface area contributed by atoms with Crippen LogP contribution in [0.1, 0.15) is 34.5 Å². The van der Waals surface area contributed by atoms with Crippen molar-refractivity contribution in [1.29, 1.82) is 0 Å². The van der Waals surface area contributed by atoms with Crippen molar-refractivity contribution in [1.82, 2.24) is 5.32 Å². The lowest BCUT2D eigenvalue weighted by molar-refractivity contribution is 0.0939. The minimum Gasteiger partial charge on any atom is -0.496 e. The quantitative estimate of drug-likeness (QED) is 0.485. The van der Waals surface area contributed by atoms with Crippen LogP contribution in [-0.2, 0) is 16.6 Å². The third-order valence-electron chi connectivity index (χ3n) is 5.09. The molecule has 0 aliphatic carbocycles. The Bertz CT molecular complexity index is 1230. The summed E-state index contributed by atoms with van der Waals surface area (Å²) >= 11 is 5.92. The maximum absolute atomic E-state index is 13.3. The zero-order valence-corrected chi connectivity index (χ0v) is 20.0. The van der Waals surface area contributed by atoms with E-state index in [9.17, 15) is 17.6 Å². The molecular formula is C24H24ClFN2O4S. The number of carbonyl (C=O) groups excluding carboxylic acids is 1.